The fourth-order valence-corrected chi connectivity index (χ4v) is 2.36. The Morgan fingerprint density at radius 3 is 2.75 bits per heavy atom. The summed E-state index contributed by atoms with van der Waals surface area (Å²) >= 11 is 0. The largest absolute Gasteiger partial charge is 0.309 e. The molecule has 0 aliphatic carbocycles. The van der Waals surface area contributed by atoms with Crippen LogP contribution in [0.3, 0.4) is 0 Å². The molecule has 0 aromatic heterocycles. The van der Waals surface area contributed by atoms with Gasteiger partial charge < -0.3 is 5.32 Å². The zero-order valence-electron chi connectivity index (χ0n) is 10.4. The Labute approximate surface area is 98.7 Å². The summed E-state index contributed by atoms with van der Waals surface area (Å²) in [4.78, 5) is 2.55. The number of piperazine rings is 1. The molecule has 1 heterocycles. The highest BCUT2D eigenvalue weighted by Gasteiger charge is 2.28. The van der Waals surface area contributed by atoms with E-state index in [1.54, 1.807) is 0 Å². The van der Waals surface area contributed by atoms with E-state index in [-0.39, 0.29) is 0 Å². The molecule has 2 heteroatoms. The van der Waals surface area contributed by atoms with E-state index in [4.69, 9.17) is 0 Å². The predicted octanol–water partition coefficient (Wildman–Crippen LogP) is 2.26. The highest BCUT2D eigenvalue weighted by atomic mass is 15.2. The quantitative estimate of drug-likeness (QED) is 0.837. The van der Waals surface area contributed by atoms with Gasteiger partial charge in [0.1, 0.15) is 0 Å². The van der Waals surface area contributed by atoms with Gasteiger partial charge in [-0.2, -0.15) is 0 Å². The summed E-state index contributed by atoms with van der Waals surface area (Å²) in [5.74, 6) is 0. The third kappa shape index (κ3) is 2.83. The minimum Gasteiger partial charge on any atom is -0.309 e. The summed E-state index contributed by atoms with van der Waals surface area (Å²) in [5.41, 5.74) is 1.72. The van der Waals surface area contributed by atoms with Crippen LogP contribution < -0.4 is 5.32 Å². The van der Waals surface area contributed by atoms with E-state index >= 15 is 0 Å². The maximum Gasteiger partial charge on any atom is 0.0278 e. The topological polar surface area (TPSA) is 15.3 Å². The summed E-state index contributed by atoms with van der Waals surface area (Å²) in [5, 5.41) is 3.62. The number of nitrogens with zero attached hydrogens (tertiary/aromatic N) is 1. The number of rotatable bonds is 3. The molecule has 0 radical (unpaired) electrons. The molecule has 0 amide bonds. The van der Waals surface area contributed by atoms with E-state index < -0.39 is 0 Å². The zero-order chi connectivity index (χ0) is 11.4. The van der Waals surface area contributed by atoms with Crippen molar-refractivity contribution in [3.8, 4) is 0 Å². The Bertz CT molecular complexity index is 323. The molecule has 1 aromatic rings. The molecule has 1 saturated heterocycles. The van der Waals surface area contributed by atoms with E-state index in [0.29, 0.717) is 5.54 Å². The van der Waals surface area contributed by atoms with Gasteiger partial charge in [-0.05, 0) is 18.9 Å². The average molecular weight is 218 g/mol. The second kappa shape index (κ2) is 4.98. The van der Waals surface area contributed by atoms with Crippen LogP contribution in [0.2, 0.25) is 0 Å². The Kier molecular flexibility index (Phi) is 3.62. The van der Waals surface area contributed by atoms with Crippen LogP contribution in [0.5, 0.6) is 0 Å². The van der Waals surface area contributed by atoms with Gasteiger partial charge in [-0.15, -0.1) is 0 Å². The lowest BCUT2D eigenvalue weighted by Gasteiger charge is -2.41. The Hall–Kier alpha value is -0.860. The van der Waals surface area contributed by atoms with Gasteiger partial charge >= 0.3 is 0 Å². The fourth-order valence-electron chi connectivity index (χ4n) is 2.36. The standard InChI is InChI=1S/C14H22N2/c1-3-14(2)12-16(10-9-15-14)11-13-7-5-4-6-8-13/h4-8,15H,3,9-12H2,1-2H3. The number of hydrogen-bond acceptors (Lipinski definition) is 2. The number of nitrogens with one attached hydrogen (secondary N) is 1. The lowest BCUT2D eigenvalue weighted by molar-refractivity contribution is 0.133. The van der Waals surface area contributed by atoms with Crippen molar-refractivity contribution in [3.05, 3.63) is 35.9 Å². The summed E-state index contributed by atoms with van der Waals surface area (Å²) in [6.45, 7) is 9.08. The predicted molar refractivity (Wildman–Crippen MR) is 68.4 cm³/mol. The highest BCUT2D eigenvalue weighted by Crippen LogP contribution is 2.17. The van der Waals surface area contributed by atoms with Gasteiger partial charge in [0.25, 0.3) is 0 Å². The van der Waals surface area contributed by atoms with Crippen LogP contribution in [0.1, 0.15) is 25.8 Å². The van der Waals surface area contributed by atoms with Crippen molar-refractivity contribution >= 4 is 0 Å². The molecule has 1 aliphatic heterocycles. The Morgan fingerprint density at radius 2 is 2.06 bits per heavy atom. The average Bonchev–Trinajstić information content (AvgIpc) is 2.30. The van der Waals surface area contributed by atoms with Gasteiger partial charge in [0.2, 0.25) is 0 Å². The van der Waals surface area contributed by atoms with Crippen molar-refractivity contribution in [2.75, 3.05) is 19.6 Å². The molecule has 0 bridgehead atoms. The third-order valence-corrected chi connectivity index (χ3v) is 3.58. The molecule has 0 saturated carbocycles. The van der Waals surface area contributed by atoms with Crippen molar-refractivity contribution in [2.24, 2.45) is 0 Å². The molecule has 2 nitrogen and oxygen atoms in total. The smallest absolute Gasteiger partial charge is 0.0278 e. The van der Waals surface area contributed by atoms with Crippen LogP contribution in [-0.4, -0.2) is 30.1 Å². The SMILES string of the molecule is CCC1(C)CN(Cc2ccccc2)CCN1. The lowest BCUT2D eigenvalue weighted by Crippen LogP contribution is -2.58. The maximum absolute atomic E-state index is 3.62. The van der Waals surface area contributed by atoms with Gasteiger partial charge in [0, 0.05) is 31.7 Å². The summed E-state index contributed by atoms with van der Waals surface area (Å²) in [6.07, 6.45) is 1.19. The molecule has 2 rings (SSSR count). The Balaban J connectivity index is 1.96. The van der Waals surface area contributed by atoms with Crippen LogP contribution >= 0.6 is 0 Å². The van der Waals surface area contributed by atoms with Crippen molar-refractivity contribution in [1.82, 2.24) is 10.2 Å². The first kappa shape index (κ1) is 11.6. The van der Waals surface area contributed by atoms with Crippen molar-refractivity contribution in [1.29, 1.82) is 0 Å². The van der Waals surface area contributed by atoms with Crippen LogP contribution in [0.25, 0.3) is 0 Å². The molecule has 1 unspecified atom stereocenters. The second-order valence-corrected chi connectivity index (χ2v) is 5.04. The lowest BCUT2D eigenvalue weighted by atomic mass is 9.95. The first-order valence-corrected chi connectivity index (χ1v) is 6.23. The highest BCUT2D eigenvalue weighted by molar-refractivity contribution is 5.14. The van der Waals surface area contributed by atoms with Gasteiger partial charge in [-0.1, -0.05) is 37.3 Å². The Morgan fingerprint density at radius 1 is 1.31 bits per heavy atom. The first-order chi connectivity index (χ1) is 7.72. The van der Waals surface area contributed by atoms with E-state index in [2.05, 4.69) is 54.4 Å². The van der Waals surface area contributed by atoms with Crippen LogP contribution in [-0.2, 0) is 6.54 Å². The molecule has 1 atom stereocenters. The molecular weight excluding hydrogens is 196 g/mol. The summed E-state index contributed by atoms with van der Waals surface area (Å²) < 4.78 is 0. The fraction of sp³-hybridized carbons (Fsp3) is 0.571. The van der Waals surface area contributed by atoms with Crippen LogP contribution in [0.4, 0.5) is 0 Å². The summed E-state index contributed by atoms with van der Waals surface area (Å²) in [7, 11) is 0. The van der Waals surface area contributed by atoms with E-state index in [1.807, 2.05) is 0 Å². The van der Waals surface area contributed by atoms with Crippen molar-refractivity contribution in [3.63, 3.8) is 0 Å². The van der Waals surface area contributed by atoms with Gasteiger partial charge in [-0.3, -0.25) is 4.90 Å². The van der Waals surface area contributed by atoms with Crippen LogP contribution in [0, 0.1) is 0 Å². The monoisotopic (exact) mass is 218 g/mol. The van der Waals surface area contributed by atoms with Crippen molar-refractivity contribution < 1.29 is 0 Å². The molecule has 1 aromatic carbocycles. The first-order valence-electron chi connectivity index (χ1n) is 6.23. The van der Waals surface area contributed by atoms with Crippen molar-refractivity contribution in [2.45, 2.75) is 32.4 Å². The second-order valence-electron chi connectivity index (χ2n) is 5.04. The normalized spacial score (nSPS) is 26.9. The van der Waals surface area contributed by atoms with E-state index in [9.17, 15) is 0 Å². The molecule has 16 heavy (non-hydrogen) atoms. The van der Waals surface area contributed by atoms with Gasteiger partial charge in [-0.25, -0.2) is 0 Å². The zero-order valence-corrected chi connectivity index (χ0v) is 10.4. The maximum atomic E-state index is 3.62. The molecule has 1 fully saturated rings. The van der Waals surface area contributed by atoms with Crippen LogP contribution in [0.15, 0.2) is 30.3 Å². The molecular formula is C14H22N2. The summed E-state index contributed by atoms with van der Waals surface area (Å²) in [6, 6.07) is 10.8. The molecule has 0 spiro atoms. The molecule has 1 N–H and O–H groups in total. The molecule has 88 valence electrons. The van der Waals surface area contributed by atoms with Gasteiger partial charge in [0.05, 0.1) is 0 Å². The minimum atomic E-state index is 0.299. The number of benzene rings is 1. The third-order valence-electron chi connectivity index (χ3n) is 3.58. The minimum absolute atomic E-state index is 0.299. The van der Waals surface area contributed by atoms with Gasteiger partial charge in [0.15, 0.2) is 0 Å². The van der Waals surface area contributed by atoms with E-state index in [1.165, 1.54) is 12.0 Å². The van der Waals surface area contributed by atoms with E-state index in [0.717, 1.165) is 26.2 Å². The molecule has 1 aliphatic rings. The number of hydrogen-bond donors (Lipinski definition) is 1.